The van der Waals surface area contributed by atoms with Crippen LogP contribution in [-0.2, 0) is 6.54 Å². The van der Waals surface area contributed by atoms with E-state index >= 15 is 0 Å². The number of aromatic nitrogens is 2. The Balaban J connectivity index is 1.77. The normalized spacial score (nSPS) is 11.2. The van der Waals surface area contributed by atoms with E-state index in [1.165, 1.54) is 16.5 Å². The van der Waals surface area contributed by atoms with Gasteiger partial charge in [0.1, 0.15) is 0 Å². The average Bonchev–Trinajstić information content (AvgIpc) is 2.92. The van der Waals surface area contributed by atoms with Crippen LogP contribution < -0.4 is 5.73 Å². The molecule has 0 amide bonds. The summed E-state index contributed by atoms with van der Waals surface area (Å²) in [7, 11) is 0. The minimum atomic E-state index is 0.828. The monoisotopic (exact) mass is 273 g/mol. The Kier molecular flexibility index (Phi) is 2.64. The molecule has 0 atom stereocenters. The summed E-state index contributed by atoms with van der Waals surface area (Å²) in [6.07, 6.45) is 3.92. The lowest BCUT2D eigenvalue weighted by atomic mass is 10.1. The van der Waals surface area contributed by atoms with E-state index in [1.807, 2.05) is 24.4 Å². The third kappa shape index (κ3) is 2.03. The predicted octanol–water partition coefficient (Wildman–Crippen LogP) is 3.82. The van der Waals surface area contributed by atoms with Crippen molar-refractivity contribution in [3.8, 4) is 0 Å². The molecule has 0 fully saturated rings. The van der Waals surface area contributed by atoms with E-state index < -0.39 is 0 Å². The summed E-state index contributed by atoms with van der Waals surface area (Å²) in [5.74, 6) is 0. The number of nitrogens with two attached hydrogens (primary N) is 1. The van der Waals surface area contributed by atoms with Gasteiger partial charge in [-0.3, -0.25) is 4.98 Å². The molecule has 4 rings (SSSR count). The number of nitrogen functional groups attached to an aromatic ring is 1. The molecule has 0 spiro atoms. The van der Waals surface area contributed by atoms with Gasteiger partial charge in [0.25, 0.3) is 0 Å². The second-order valence-electron chi connectivity index (χ2n) is 5.25. The molecule has 0 saturated heterocycles. The van der Waals surface area contributed by atoms with Crippen LogP contribution >= 0.6 is 0 Å². The van der Waals surface area contributed by atoms with Gasteiger partial charge >= 0.3 is 0 Å². The van der Waals surface area contributed by atoms with Crippen molar-refractivity contribution in [2.75, 3.05) is 5.73 Å². The van der Waals surface area contributed by atoms with E-state index in [4.69, 9.17) is 5.73 Å². The molecule has 0 unspecified atom stereocenters. The Morgan fingerprint density at radius 1 is 1.00 bits per heavy atom. The lowest BCUT2D eigenvalue weighted by Gasteiger charge is -2.07. The summed E-state index contributed by atoms with van der Waals surface area (Å²) >= 11 is 0. The predicted molar refractivity (Wildman–Crippen MR) is 87.2 cm³/mol. The maximum Gasteiger partial charge on any atom is 0.0702 e. The smallest absolute Gasteiger partial charge is 0.0702 e. The van der Waals surface area contributed by atoms with Crippen molar-refractivity contribution in [2.24, 2.45) is 0 Å². The highest BCUT2D eigenvalue weighted by Gasteiger charge is 2.04. The van der Waals surface area contributed by atoms with Crippen LogP contribution in [0.25, 0.3) is 21.8 Å². The summed E-state index contributed by atoms with van der Waals surface area (Å²) in [4.78, 5) is 4.36. The Hall–Kier alpha value is -2.81. The van der Waals surface area contributed by atoms with E-state index in [1.54, 1.807) is 0 Å². The van der Waals surface area contributed by atoms with Gasteiger partial charge in [0.05, 0.1) is 11.0 Å². The van der Waals surface area contributed by atoms with Gasteiger partial charge in [-0.2, -0.15) is 0 Å². The lowest BCUT2D eigenvalue weighted by Crippen LogP contribution is -1.98. The van der Waals surface area contributed by atoms with Gasteiger partial charge in [-0.05, 0) is 42.0 Å². The minimum Gasteiger partial charge on any atom is -0.398 e. The molecule has 102 valence electrons. The fourth-order valence-corrected chi connectivity index (χ4v) is 2.81. The molecule has 0 aliphatic rings. The van der Waals surface area contributed by atoms with Crippen LogP contribution in [0.5, 0.6) is 0 Å². The van der Waals surface area contributed by atoms with Crippen molar-refractivity contribution in [2.45, 2.75) is 6.54 Å². The van der Waals surface area contributed by atoms with Gasteiger partial charge in [0.15, 0.2) is 0 Å². The molecule has 2 aromatic carbocycles. The number of nitrogens with zero attached hydrogens (tertiary/aromatic N) is 2. The maximum absolute atomic E-state index is 6.02. The second-order valence-corrected chi connectivity index (χ2v) is 5.25. The highest BCUT2D eigenvalue weighted by atomic mass is 15.0. The highest BCUT2D eigenvalue weighted by molar-refractivity contribution is 5.91. The number of anilines is 1. The van der Waals surface area contributed by atoms with Gasteiger partial charge in [0.2, 0.25) is 0 Å². The van der Waals surface area contributed by atoms with Crippen LogP contribution in [0.15, 0.2) is 67.0 Å². The van der Waals surface area contributed by atoms with E-state index in [9.17, 15) is 0 Å². The number of rotatable bonds is 2. The Labute approximate surface area is 122 Å². The molecule has 0 aliphatic carbocycles. The Morgan fingerprint density at radius 3 is 2.90 bits per heavy atom. The number of fused-ring (bicyclic) bond motifs is 2. The van der Waals surface area contributed by atoms with Gasteiger partial charge in [-0.15, -0.1) is 0 Å². The summed E-state index contributed by atoms with van der Waals surface area (Å²) < 4.78 is 2.23. The van der Waals surface area contributed by atoms with Crippen molar-refractivity contribution in [1.29, 1.82) is 0 Å². The Bertz CT molecular complexity index is 937. The summed E-state index contributed by atoms with van der Waals surface area (Å²) in [5, 5.41) is 2.28. The van der Waals surface area contributed by atoms with Crippen LogP contribution in [0.3, 0.4) is 0 Å². The molecule has 2 N–H and O–H groups in total. The molecule has 3 heteroatoms. The first-order chi connectivity index (χ1) is 10.3. The summed E-state index contributed by atoms with van der Waals surface area (Å²) in [5.41, 5.74) is 10.3. The van der Waals surface area contributed by atoms with Crippen molar-refractivity contribution < 1.29 is 0 Å². The number of hydrogen-bond donors (Lipinski definition) is 1. The summed E-state index contributed by atoms with van der Waals surface area (Å²) in [6, 6.07) is 18.6. The molecule has 0 bridgehead atoms. The SMILES string of the molecule is Nc1cccc2c1ccn2Cc1ccc2ncccc2c1. The molecule has 21 heavy (non-hydrogen) atoms. The van der Waals surface area contributed by atoms with Crippen molar-refractivity contribution in [1.82, 2.24) is 9.55 Å². The zero-order chi connectivity index (χ0) is 14.2. The number of benzene rings is 2. The second kappa shape index (κ2) is 4.63. The molecule has 0 aliphatic heterocycles. The first kappa shape index (κ1) is 12.0. The first-order valence-electron chi connectivity index (χ1n) is 6.98. The van der Waals surface area contributed by atoms with Gasteiger partial charge in [-0.1, -0.05) is 18.2 Å². The van der Waals surface area contributed by atoms with Crippen molar-refractivity contribution >= 4 is 27.5 Å². The van der Waals surface area contributed by atoms with Crippen LogP contribution in [-0.4, -0.2) is 9.55 Å². The minimum absolute atomic E-state index is 0.828. The third-order valence-electron chi connectivity index (χ3n) is 3.87. The maximum atomic E-state index is 6.02. The molecule has 3 nitrogen and oxygen atoms in total. The molecular formula is C18H15N3. The van der Waals surface area contributed by atoms with Gasteiger partial charge in [-0.25, -0.2) is 0 Å². The average molecular weight is 273 g/mol. The molecule has 0 radical (unpaired) electrons. The van der Waals surface area contributed by atoms with Crippen molar-refractivity contribution in [3.05, 3.63) is 72.6 Å². The molecule has 2 aromatic heterocycles. The van der Waals surface area contributed by atoms with Gasteiger partial charge in [0, 0.05) is 35.4 Å². The zero-order valence-electron chi connectivity index (χ0n) is 11.5. The van der Waals surface area contributed by atoms with Crippen LogP contribution in [0.2, 0.25) is 0 Å². The van der Waals surface area contributed by atoms with Crippen LogP contribution in [0.4, 0.5) is 5.69 Å². The van der Waals surface area contributed by atoms with E-state index in [2.05, 4.69) is 52.1 Å². The fraction of sp³-hybridized carbons (Fsp3) is 0.0556. The van der Waals surface area contributed by atoms with E-state index in [-0.39, 0.29) is 0 Å². The van der Waals surface area contributed by atoms with Crippen LogP contribution in [0.1, 0.15) is 5.56 Å². The van der Waals surface area contributed by atoms with Gasteiger partial charge < -0.3 is 10.3 Å². The third-order valence-corrected chi connectivity index (χ3v) is 3.87. The molecule has 0 saturated carbocycles. The van der Waals surface area contributed by atoms with E-state index in [0.717, 1.165) is 23.1 Å². The lowest BCUT2D eigenvalue weighted by molar-refractivity contribution is 0.838. The quantitative estimate of drug-likeness (QED) is 0.564. The largest absolute Gasteiger partial charge is 0.398 e. The van der Waals surface area contributed by atoms with E-state index in [0.29, 0.717) is 0 Å². The summed E-state index contributed by atoms with van der Waals surface area (Å²) in [6.45, 7) is 0.831. The number of hydrogen-bond acceptors (Lipinski definition) is 2. The highest BCUT2D eigenvalue weighted by Crippen LogP contribution is 2.23. The first-order valence-corrected chi connectivity index (χ1v) is 6.98. The molecular weight excluding hydrogens is 258 g/mol. The zero-order valence-corrected chi connectivity index (χ0v) is 11.5. The Morgan fingerprint density at radius 2 is 1.95 bits per heavy atom. The standard InChI is InChI=1S/C18H15N3/c19-16-4-1-5-18-15(16)8-10-21(18)12-13-6-7-17-14(11-13)3-2-9-20-17/h1-11H,12,19H2. The molecule has 2 heterocycles. The number of pyridine rings is 1. The van der Waals surface area contributed by atoms with Crippen LogP contribution in [0, 0.1) is 0 Å². The fourth-order valence-electron chi connectivity index (χ4n) is 2.81. The topological polar surface area (TPSA) is 43.8 Å². The molecule has 4 aromatic rings. The van der Waals surface area contributed by atoms with Crippen molar-refractivity contribution in [3.63, 3.8) is 0 Å².